The van der Waals surface area contributed by atoms with Gasteiger partial charge < -0.3 is 26.0 Å². The van der Waals surface area contributed by atoms with Crippen LogP contribution in [0.25, 0.3) is 0 Å². The number of anilines is 4. The van der Waals surface area contributed by atoms with E-state index >= 15 is 0 Å². The molecule has 8 heteroatoms. The van der Waals surface area contributed by atoms with Crippen molar-refractivity contribution in [3.05, 3.63) is 36.2 Å². The number of nitrogens with two attached hydrogens (primary N) is 1. The third-order valence-electron chi connectivity index (χ3n) is 4.83. The summed E-state index contributed by atoms with van der Waals surface area (Å²) in [4.78, 5) is 24.0. The fourth-order valence-electron chi connectivity index (χ4n) is 3.15. The van der Waals surface area contributed by atoms with Gasteiger partial charge in [-0.3, -0.25) is 0 Å². The average Bonchev–Trinajstić information content (AvgIpc) is 2.64. The molecular formula is C18H24N6O2. The number of hydrogen-bond acceptors (Lipinski definition) is 7. The molecule has 0 bridgehead atoms. The third-order valence-corrected chi connectivity index (χ3v) is 4.83. The number of benzene rings is 1. The lowest BCUT2D eigenvalue weighted by molar-refractivity contribution is 0.0697. The van der Waals surface area contributed by atoms with Crippen molar-refractivity contribution in [3.8, 4) is 0 Å². The number of aromatic carboxylic acids is 1. The summed E-state index contributed by atoms with van der Waals surface area (Å²) in [7, 11) is 4.15. The van der Waals surface area contributed by atoms with Crippen LogP contribution < -0.4 is 16.0 Å². The highest BCUT2D eigenvalue weighted by atomic mass is 16.4. The van der Waals surface area contributed by atoms with Crippen LogP contribution in [0.1, 0.15) is 23.2 Å². The molecule has 1 saturated heterocycles. The molecule has 8 nitrogen and oxygen atoms in total. The van der Waals surface area contributed by atoms with E-state index in [1.54, 1.807) is 12.1 Å². The van der Waals surface area contributed by atoms with E-state index in [-0.39, 0.29) is 5.56 Å². The maximum atomic E-state index is 10.9. The van der Waals surface area contributed by atoms with Crippen molar-refractivity contribution in [3.63, 3.8) is 0 Å². The number of carboxylic acid groups (broad SMARTS) is 1. The van der Waals surface area contributed by atoms with Crippen LogP contribution in [0.5, 0.6) is 0 Å². The van der Waals surface area contributed by atoms with E-state index in [0.717, 1.165) is 25.9 Å². The van der Waals surface area contributed by atoms with E-state index in [1.807, 2.05) is 7.05 Å². The van der Waals surface area contributed by atoms with Gasteiger partial charge >= 0.3 is 5.97 Å². The van der Waals surface area contributed by atoms with E-state index in [1.165, 1.54) is 18.5 Å². The number of piperidine rings is 1. The quantitative estimate of drug-likeness (QED) is 0.747. The summed E-state index contributed by atoms with van der Waals surface area (Å²) >= 11 is 0. The van der Waals surface area contributed by atoms with Gasteiger partial charge in [-0.1, -0.05) is 0 Å². The number of nitrogen functional groups attached to an aromatic ring is 1. The van der Waals surface area contributed by atoms with Gasteiger partial charge in [-0.05, 0) is 57.2 Å². The van der Waals surface area contributed by atoms with Crippen LogP contribution in [0.4, 0.5) is 23.0 Å². The Morgan fingerprint density at radius 1 is 1.27 bits per heavy atom. The van der Waals surface area contributed by atoms with Crippen LogP contribution in [-0.2, 0) is 0 Å². The lowest BCUT2D eigenvalue weighted by Gasteiger charge is -2.36. The Kier molecular flexibility index (Phi) is 5.22. The van der Waals surface area contributed by atoms with Crippen molar-refractivity contribution >= 4 is 29.0 Å². The van der Waals surface area contributed by atoms with Crippen LogP contribution in [-0.4, -0.2) is 59.2 Å². The van der Waals surface area contributed by atoms with Crippen LogP contribution in [0.15, 0.2) is 30.6 Å². The molecule has 0 unspecified atom stereocenters. The van der Waals surface area contributed by atoms with Gasteiger partial charge in [0.05, 0.1) is 5.56 Å². The van der Waals surface area contributed by atoms with Gasteiger partial charge in [0.1, 0.15) is 12.0 Å². The Morgan fingerprint density at radius 3 is 2.54 bits per heavy atom. The predicted octanol–water partition coefficient (Wildman–Crippen LogP) is 2.03. The first kappa shape index (κ1) is 17.9. The van der Waals surface area contributed by atoms with Crippen molar-refractivity contribution in [1.82, 2.24) is 14.9 Å². The number of nitrogens with zero attached hydrogens (tertiary/aromatic N) is 4. The molecule has 1 aliphatic heterocycles. The zero-order valence-electron chi connectivity index (χ0n) is 15.0. The largest absolute Gasteiger partial charge is 0.478 e. The number of likely N-dealkylation sites (tertiary alicyclic amines) is 1. The fraction of sp³-hybridized carbons (Fsp3) is 0.389. The molecule has 2 heterocycles. The van der Waals surface area contributed by atoms with Gasteiger partial charge in [-0.15, -0.1) is 0 Å². The molecule has 1 aliphatic rings. The first-order valence-electron chi connectivity index (χ1n) is 8.58. The molecule has 1 fully saturated rings. The molecule has 4 N–H and O–H groups in total. The average molecular weight is 356 g/mol. The van der Waals surface area contributed by atoms with E-state index in [2.05, 4.69) is 32.1 Å². The second kappa shape index (κ2) is 7.57. The van der Waals surface area contributed by atoms with Crippen molar-refractivity contribution in [2.75, 3.05) is 43.1 Å². The summed E-state index contributed by atoms with van der Waals surface area (Å²) < 4.78 is 0. The van der Waals surface area contributed by atoms with Gasteiger partial charge in [0.2, 0.25) is 0 Å². The molecule has 0 atom stereocenters. The Bertz CT molecular complexity index is 772. The molecule has 138 valence electrons. The maximum absolute atomic E-state index is 10.9. The second-order valence-corrected chi connectivity index (χ2v) is 6.61. The SMILES string of the molecule is CN1CCC(N(C)c2ncnc(Nc3ccc(C(=O)O)cc3)c2N)CC1. The Hall–Kier alpha value is -2.87. The second-order valence-electron chi connectivity index (χ2n) is 6.61. The van der Waals surface area contributed by atoms with Crippen molar-refractivity contribution in [2.24, 2.45) is 0 Å². The summed E-state index contributed by atoms with van der Waals surface area (Å²) in [6, 6.07) is 6.84. The van der Waals surface area contributed by atoms with Crippen LogP contribution >= 0.6 is 0 Å². The minimum Gasteiger partial charge on any atom is -0.478 e. The van der Waals surface area contributed by atoms with Crippen LogP contribution in [0.3, 0.4) is 0 Å². The molecule has 0 aliphatic carbocycles. The summed E-state index contributed by atoms with van der Waals surface area (Å²) in [6.45, 7) is 2.11. The van der Waals surface area contributed by atoms with Gasteiger partial charge in [-0.2, -0.15) is 0 Å². The number of hydrogen-bond donors (Lipinski definition) is 3. The van der Waals surface area contributed by atoms with E-state index < -0.39 is 5.97 Å². The number of carboxylic acids is 1. The molecule has 0 radical (unpaired) electrons. The number of nitrogens with one attached hydrogen (secondary N) is 1. The maximum Gasteiger partial charge on any atom is 0.335 e. The molecule has 3 rings (SSSR count). The Balaban J connectivity index is 1.77. The fourth-order valence-corrected chi connectivity index (χ4v) is 3.15. The molecule has 2 aromatic rings. The monoisotopic (exact) mass is 356 g/mol. The topological polar surface area (TPSA) is 108 Å². The highest BCUT2D eigenvalue weighted by molar-refractivity contribution is 5.88. The summed E-state index contributed by atoms with van der Waals surface area (Å²) in [5.41, 5.74) is 7.74. The summed E-state index contributed by atoms with van der Waals surface area (Å²) in [6.07, 6.45) is 3.62. The number of aromatic nitrogens is 2. The van der Waals surface area contributed by atoms with Gasteiger partial charge in [-0.25, -0.2) is 14.8 Å². The molecule has 0 amide bonds. The lowest BCUT2D eigenvalue weighted by Crippen LogP contribution is -2.42. The zero-order chi connectivity index (χ0) is 18.7. The zero-order valence-corrected chi connectivity index (χ0v) is 15.0. The van der Waals surface area contributed by atoms with Crippen molar-refractivity contribution in [2.45, 2.75) is 18.9 Å². The number of carbonyl (C=O) groups is 1. The minimum atomic E-state index is -0.958. The van der Waals surface area contributed by atoms with E-state index in [4.69, 9.17) is 10.8 Å². The highest BCUT2D eigenvalue weighted by Crippen LogP contribution is 2.30. The highest BCUT2D eigenvalue weighted by Gasteiger charge is 2.23. The molecule has 26 heavy (non-hydrogen) atoms. The summed E-state index contributed by atoms with van der Waals surface area (Å²) in [5, 5.41) is 12.1. The Labute approximate surface area is 152 Å². The molecule has 0 spiro atoms. The first-order chi connectivity index (χ1) is 12.5. The minimum absolute atomic E-state index is 0.230. The standard InChI is InChI=1S/C18H24N6O2/c1-23-9-7-14(8-10-23)24(2)17-15(19)16(20-11-21-17)22-13-5-3-12(4-6-13)18(25)26/h3-6,11,14H,7-10,19H2,1-2H3,(H,25,26)(H,20,21,22). The summed E-state index contributed by atoms with van der Waals surface area (Å²) in [5.74, 6) is 0.261. The molecule has 1 aromatic heterocycles. The molecule has 0 saturated carbocycles. The normalized spacial score (nSPS) is 15.6. The van der Waals surface area contributed by atoms with Crippen molar-refractivity contribution < 1.29 is 9.90 Å². The van der Waals surface area contributed by atoms with Gasteiger partial charge in [0.15, 0.2) is 11.6 Å². The molecule has 1 aromatic carbocycles. The van der Waals surface area contributed by atoms with E-state index in [9.17, 15) is 4.79 Å². The van der Waals surface area contributed by atoms with Gasteiger partial charge in [0, 0.05) is 18.8 Å². The van der Waals surface area contributed by atoms with Crippen molar-refractivity contribution in [1.29, 1.82) is 0 Å². The first-order valence-corrected chi connectivity index (χ1v) is 8.58. The molecular weight excluding hydrogens is 332 g/mol. The van der Waals surface area contributed by atoms with Gasteiger partial charge in [0.25, 0.3) is 0 Å². The predicted molar refractivity (Wildman–Crippen MR) is 102 cm³/mol. The van der Waals surface area contributed by atoms with Crippen LogP contribution in [0.2, 0.25) is 0 Å². The Morgan fingerprint density at radius 2 is 1.92 bits per heavy atom. The van der Waals surface area contributed by atoms with E-state index in [0.29, 0.717) is 29.1 Å². The third kappa shape index (κ3) is 3.85. The number of rotatable bonds is 5. The smallest absolute Gasteiger partial charge is 0.335 e. The lowest BCUT2D eigenvalue weighted by atomic mass is 10.0. The van der Waals surface area contributed by atoms with Crippen LogP contribution in [0, 0.1) is 0 Å².